The summed E-state index contributed by atoms with van der Waals surface area (Å²) in [5.41, 5.74) is 0. The molecule has 14 heavy (non-hydrogen) atoms. The minimum Gasteiger partial charge on any atom is -0.378 e. The Morgan fingerprint density at radius 2 is 2.07 bits per heavy atom. The van der Waals surface area contributed by atoms with Crippen molar-refractivity contribution in [2.75, 3.05) is 13.2 Å². The summed E-state index contributed by atoms with van der Waals surface area (Å²) in [5.74, 6) is 1.92. The Labute approximate surface area is 87.4 Å². The van der Waals surface area contributed by atoms with Crippen LogP contribution in [0.15, 0.2) is 0 Å². The monoisotopic (exact) mass is 197 g/mol. The lowest BCUT2D eigenvalue weighted by molar-refractivity contribution is -0.0106. The van der Waals surface area contributed by atoms with Crippen molar-refractivity contribution in [1.29, 1.82) is 0 Å². The van der Waals surface area contributed by atoms with Gasteiger partial charge >= 0.3 is 0 Å². The van der Waals surface area contributed by atoms with Crippen LogP contribution in [-0.4, -0.2) is 25.3 Å². The van der Waals surface area contributed by atoms with E-state index in [-0.39, 0.29) is 0 Å². The molecule has 82 valence electrons. The largest absolute Gasteiger partial charge is 0.378 e. The molecule has 2 saturated carbocycles. The van der Waals surface area contributed by atoms with E-state index in [0.717, 1.165) is 24.5 Å². The van der Waals surface area contributed by atoms with E-state index in [9.17, 15) is 0 Å². The Kier molecular flexibility index (Phi) is 3.45. The van der Waals surface area contributed by atoms with Crippen LogP contribution < -0.4 is 5.32 Å². The normalized spacial score (nSPS) is 33.9. The van der Waals surface area contributed by atoms with Gasteiger partial charge in [-0.3, -0.25) is 0 Å². The minimum atomic E-state index is 0.550. The van der Waals surface area contributed by atoms with E-state index in [4.69, 9.17) is 4.74 Å². The van der Waals surface area contributed by atoms with E-state index in [1.807, 2.05) is 0 Å². The quantitative estimate of drug-likeness (QED) is 0.705. The van der Waals surface area contributed by atoms with E-state index >= 15 is 0 Å². The van der Waals surface area contributed by atoms with Crippen molar-refractivity contribution in [3.05, 3.63) is 0 Å². The fraction of sp³-hybridized carbons (Fsp3) is 1.00. The third-order valence-corrected chi connectivity index (χ3v) is 3.65. The SMILES string of the molecule is CCOC1CC(NCC(C)C2CC2)C1. The van der Waals surface area contributed by atoms with Gasteiger partial charge in [-0.05, 0) is 51.0 Å². The first-order valence-corrected chi connectivity index (χ1v) is 6.14. The maximum Gasteiger partial charge on any atom is 0.0604 e. The summed E-state index contributed by atoms with van der Waals surface area (Å²) < 4.78 is 5.53. The third-order valence-electron chi connectivity index (χ3n) is 3.65. The second-order valence-corrected chi connectivity index (χ2v) is 4.97. The summed E-state index contributed by atoms with van der Waals surface area (Å²) in [5, 5.41) is 3.65. The molecule has 2 fully saturated rings. The second kappa shape index (κ2) is 4.63. The average molecular weight is 197 g/mol. The second-order valence-electron chi connectivity index (χ2n) is 4.97. The smallest absolute Gasteiger partial charge is 0.0604 e. The van der Waals surface area contributed by atoms with Crippen LogP contribution in [0.3, 0.4) is 0 Å². The van der Waals surface area contributed by atoms with Gasteiger partial charge in [0.1, 0.15) is 0 Å². The van der Waals surface area contributed by atoms with Crippen LogP contribution in [0.2, 0.25) is 0 Å². The van der Waals surface area contributed by atoms with Gasteiger partial charge in [0.05, 0.1) is 6.10 Å². The maximum absolute atomic E-state index is 5.53. The summed E-state index contributed by atoms with van der Waals surface area (Å²) in [6.45, 7) is 6.54. The van der Waals surface area contributed by atoms with Gasteiger partial charge in [-0.25, -0.2) is 0 Å². The highest BCUT2D eigenvalue weighted by Gasteiger charge is 2.32. The zero-order chi connectivity index (χ0) is 9.97. The molecule has 2 aliphatic carbocycles. The van der Waals surface area contributed by atoms with Gasteiger partial charge < -0.3 is 10.1 Å². The average Bonchev–Trinajstić information content (AvgIpc) is 2.90. The van der Waals surface area contributed by atoms with Crippen LogP contribution in [0.4, 0.5) is 0 Å². The predicted molar refractivity (Wildman–Crippen MR) is 58.3 cm³/mol. The lowest BCUT2D eigenvalue weighted by Gasteiger charge is -2.36. The summed E-state index contributed by atoms with van der Waals surface area (Å²) >= 11 is 0. The van der Waals surface area contributed by atoms with Crippen molar-refractivity contribution in [1.82, 2.24) is 5.32 Å². The molecular formula is C12H23NO. The topological polar surface area (TPSA) is 21.3 Å². The standard InChI is InChI=1S/C12H23NO/c1-3-14-12-6-11(7-12)13-8-9(2)10-4-5-10/h9-13H,3-8H2,1-2H3. The Morgan fingerprint density at radius 3 is 2.64 bits per heavy atom. The Bertz CT molecular complexity index is 173. The fourth-order valence-corrected chi connectivity index (χ4v) is 2.29. The highest BCUT2D eigenvalue weighted by Crippen LogP contribution is 2.36. The zero-order valence-corrected chi connectivity index (χ0v) is 9.46. The molecule has 0 bridgehead atoms. The molecule has 2 nitrogen and oxygen atoms in total. The molecular weight excluding hydrogens is 174 g/mol. The lowest BCUT2D eigenvalue weighted by atomic mass is 9.88. The molecule has 0 heterocycles. The molecule has 2 rings (SSSR count). The number of nitrogens with one attached hydrogen (secondary N) is 1. The van der Waals surface area contributed by atoms with E-state index < -0.39 is 0 Å². The Balaban J connectivity index is 1.51. The first-order valence-electron chi connectivity index (χ1n) is 6.14. The maximum atomic E-state index is 5.53. The molecule has 1 N–H and O–H groups in total. The molecule has 0 aromatic heterocycles. The van der Waals surface area contributed by atoms with Crippen LogP contribution in [-0.2, 0) is 4.74 Å². The van der Waals surface area contributed by atoms with Gasteiger partial charge in [-0.1, -0.05) is 6.92 Å². The third kappa shape index (κ3) is 2.71. The summed E-state index contributed by atoms with van der Waals surface area (Å²) in [6, 6.07) is 0.743. The zero-order valence-electron chi connectivity index (χ0n) is 9.46. The summed E-state index contributed by atoms with van der Waals surface area (Å²) in [4.78, 5) is 0. The Hall–Kier alpha value is -0.0800. The van der Waals surface area contributed by atoms with Crippen molar-refractivity contribution in [3.8, 4) is 0 Å². The first-order chi connectivity index (χ1) is 6.79. The molecule has 0 aromatic rings. The van der Waals surface area contributed by atoms with Crippen molar-refractivity contribution in [2.24, 2.45) is 11.8 Å². The van der Waals surface area contributed by atoms with Crippen molar-refractivity contribution in [3.63, 3.8) is 0 Å². The molecule has 0 spiro atoms. The minimum absolute atomic E-state index is 0.550. The lowest BCUT2D eigenvalue weighted by Crippen LogP contribution is -2.46. The van der Waals surface area contributed by atoms with E-state index in [1.54, 1.807) is 0 Å². The van der Waals surface area contributed by atoms with Gasteiger partial charge in [-0.2, -0.15) is 0 Å². The van der Waals surface area contributed by atoms with E-state index in [1.165, 1.54) is 32.2 Å². The van der Waals surface area contributed by atoms with Gasteiger partial charge in [0.2, 0.25) is 0 Å². The molecule has 1 atom stereocenters. The Morgan fingerprint density at radius 1 is 1.36 bits per heavy atom. The molecule has 1 unspecified atom stereocenters. The molecule has 0 saturated heterocycles. The van der Waals surface area contributed by atoms with Crippen LogP contribution in [0.5, 0.6) is 0 Å². The van der Waals surface area contributed by atoms with Crippen molar-refractivity contribution >= 4 is 0 Å². The van der Waals surface area contributed by atoms with Gasteiger partial charge in [0.15, 0.2) is 0 Å². The number of hydrogen-bond acceptors (Lipinski definition) is 2. The van der Waals surface area contributed by atoms with Gasteiger partial charge in [0, 0.05) is 12.6 Å². The molecule has 0 aromatic carbocycles. The number of hydrogen-bond donors (Lipinski definition) is 1. The van der Waals surface area contributed by atoms with Crippen molar-refractivity contribution < 1.29 is 4.74 Å². The van der Waals surface area contributed by atoms with E-state index in [0.29, 0.717) is 6.10 Å². The summed E-state index contributed by atoms with van der Waals surface area (Å²) in [6.07, 6.45) is 5.94. The molecule has 0 aliphatic heterocycles. The highest BCUT2D eigenvalue weighted by atomic mass is 16.5. The highest BCUT2D eigenvalue weighted by molar-refractivity contribution is 4.88. The summed E-state index contributed by atoms with van der Waals surface area (Å²) in [7, 11) is 0. The van der Waals surface area contributed by atoms with Crippen molar-refractivity contribution in [2.45, 2.75) is 51.7 Å². The number of ether oxygens (including phenoxy) is 1. The van der Waals surface area contributed by atoms with Crippen LogP contribution in [0.1, 0.15) is 39.5 Å². The number of rotatable bonds is 6. The van der Waals surface area contributed by atoms with Gasteiger partial charge in [-0.15, -0.1) is 0 Å². The van der Waals surface area contributed by atoms with Crippen LogP contribution in [0, 0.1) is 11.8 Å². The van der Waals surface area contributed by atoms with E-state index in [2.05, 4.69) is 19.2 Å². The molecule has 2 heteroatoms. The van der Waals surface area contributed by atoms with Gasteiger partial charge in [0.25, 0.3) is 0 Å². The van der Waals surface area contributed by atoms with Crippen LogP contribution >= 0.6 is 0 Å². The van der Waals surface area contributed by atoms with Crippen LogP contribution in [0.25, 0.3) is 0 Å². The first kappa shape index (κ1) is 10.4. The fourth-order valence-electron chi connectivity index (χ4n) is 2.29. The molecule has 2 aliphatic rings. The molecule has 0 radical (unpaired) electrons. The molecule has 0 amide bonds. The predicted octanol–water partition coefficient (Wildman–Crippen LogP) is 2.19.